The van der Waals surface area contributed by atoms with Gasteiger partial charge in [-0.3, -0.25) is 14.4 Å². The van der Waals surface area contributed by atoms with Gasteiger partial charge < -0.3 is 15.5 Å². The number of likely N-dealkylation sites (tertiary alicyclic amines) is 1. The van der Waals surface area contributed by atoms with Gasteiger partial charge >= 0.3 is 5.97 Å². The summed E-state index contributed by atoms with van der Waals surface area (Å²) in [5.41, 5.74) is -0.234. The molecule has 126 valence electrons. The zero-order valence-corrected chi connectivity index (χ0v) is 13.8. The van der Waals surface area contributed by atoms with Crippen LogP contribution in [0.15, 0.2) is 9.95 Å². The number of amides is 1. The maximum Gasteiger partial charge on any atom is 0.308 e. The van der Waals surface area contributed by atoms with Gasteiger partial charge in [-0.25, -0.2) is 0 Å². The Labute approximate surface area is 137 Å². The monoisotopic (exact) mass is 341 g/mol. The van der Waals surface area contributed by atoms with E-state index >= 15 is 0 Å². The number of esters is 1. The molecule has 0 saturated carbocycles. The summed E-state index contributed by atoms with van der Waals surface area (Å²) in [6.07, 6.45) is 1.18. The molecule has 0 spiro atoms. The first-order valence-corrected chi connectivity index (χ1v) is 8.12. The molecule has 10 heteroatoms. The highest BCUT2D eigenvalue weighted by Crippen LogP contribution is 2.20. The summed E-state index contributed by atoms with van der Waals surface area (Å²) in [5.74, 6) is 5.27. The Hall–Kier alpha value is -2.10. The van der Waals surface area contributed by atoms with E-state index in [-0.39, 0.29) is 34.4 Å². The van der Waals surface area contributed by atoms with Crippen molar-refractivity contribution in [3.63, 3.8) is 0 Å². The molecule has 2 heterocycles. The molecule has 0 radical (unpaired) electrons. The molecule has 0 atom stereocenters. The van der Waals surface area contributed by atoms with Gasteiger partial charge in [-0.1, -0.05) is 11.8 Å². The summed E-state index contributed by atoms with van der Waals surface area (Å²) < 4.78 is 5.61. The summed E-state index contributed by atoms with van der Waals surface area (Å²) in [6.45, 7) is 2.53. The van der Waals surface area contributed by atoms with Crippen molar-refractivity contribution in [2.45, 2.75) is 24.9 Å². The van der Waals surface area contributed by atoms with E-state index in [1.54, 1.807) is 4.90 Å². The van der Waals surface area contributed by atoms with Gasteiger partial charge in [0.25, 0.3) is 5.56 Å². The van der Waals surface area contributed by atoms with Crippen molar-refractivity contribution in [3.8, 4) is 0 Å². The van der Waals surface area contributed by atoms with Gasteiger partial charge in [0, 0.05) is 13.1 Å². The van der Waals surface area contributed by atoms with E-state index in [0.29, 0.717) is 25.9 Å². The third kappa shape index (κ3) is 4.01. The molecule has 23 heavy (non-hydrogen) atoms. The van der Waals surface area contributed by atoms with Crippen LogP contribution >= 0.6 is 11.8 Å². The fourth-order valence-corrected chi connectivity index (χ4v) is 3.07. The number of piperidine rings is 1. The molecule has 0 unspecified atom stereocenters. The van der Waals surface area contributed by atoms with E-state index in [1.807, 2.05) is 0 Å². The normalized spacial score (nSPS) is 15.5. The molecule has 1 saturated heterocycles. The Morgan fingerprint density at radius 3 is 2.61 bits per heavy atom. The van der Waals surface area contributed by atoms with Crippen LogP contribution in [0.1, 0.15) is 18.5 Å². The lowest BCUT2D eigenvalue weighted by atomic mass is 9.97. The van der Waals surface area contributed by atoms with Crippen molar-refractivity contribution in [2.75, 3.05) is 31.8 Å². The Balaban J connectivity index is 1.88. The highest BCUT2D eigenvalue weighted by molar-refractivity contribution is 7.99. The highest BCUT2D eigenvalue weighted by atomic mass is 32.2. The Kier molecular flexibility index (Phi) is 5.59. The first kappa shape index (κ1) is 17.3. The van der Waals surface area contributed by atoms with Crippen molar-refractivity contribution >= 4 is 23.6 Å². The number of aryl methyl sites for hydroxylation is 1. The fourth-order valence-electron chi connectivity index (χ4n) is 2.32. The average molecular weight is 341 g/mol. The third-order valence-corrected chi connectivity index (χ3v) is 4.65. The predicted octanol–water partition coefficient (Wildman–Crippen LogP) is -0.836. The number of hydrogen-bond acceptors (Lipinski definition) is 8. The number of carbonyl (C=O) groups excluding carboxylic acids is 2. The second kappa shape index (κ2) is 7.44. The van der Waals surface area contributed by atoms with Crippen LogP contribution in [0.3, 0.4) is 0 Å². The Morgan fingerprint density at radius 1 is 1.35 bits per heavy atom. The van der Waals surface area contributed by atoms with E-state index in [2.05, 4.69) is 10.2 Å². The lowest BCUT2D eigenvalue weighted by Gasteiger charge is -2.30. The predicted molar refractivity (Wildman–Crippen MR) is 83.2 cm³/mol. The smallest absolute Gasteiger partial charge is 0.308 e. The van der Waals surface area contributed by atoms with E-state index in [4.69, 9.17) is 10.6 Å². The van der Waals surface area contributed by atoms with Gasteiger partial charge in [-0.05, 0) is 19.8 Å². The second-order valence-corrected chi connectivity index (χ2v) is 6.15. The number of nitrogens with two attached hydrogens (primary N) is 1. The van der Waals surface area contributed by atoms with E-state index in [1.165, 1.54) is 14.0 Å². The summed E-state index contributed by atoms with van der Waals surface area (Å²) in [5, 5.41) is 7.72. The molecule has 1 aromatic heterocycles. The Morgan fingerprint density at radius 2 is 2.00 bits per heavy atom. The first-order chi connectivity index (χ1) is 10.9. The van der Waals surface area contributed by atoms with Crippen molar-refractivity contribution in [1.29, 1.82) is 0 Å². The summed E-state index contributed by atoms with van der Waals surface area (Å²) in [4.78, 5) is 37.0. The van der Waals surface area contributed by atoms with Crippen molar-refractivity contribution in [2.24, 2.45) is 5.92 Å². The molecule has 1 fully saturated rings. The summed E-state index contributed by atoms with van der Waals surface area (Å²) in [7, 11) is 1.37. The summed E-state index contributed by atoms with van der Waals surface area (Å²) in [6, 6.07) is 0. The van der Waals surface area contributed by atoms with E-state index < -0.39 is 5.56 Å². The maximum atomic E-state index is 12.2. The van der Waals surface area contributed by atoms with Crippen LogP contribution in [0.4, 0.5) is 0 Å². The summed E-state index contributed by atoms with van der Waals surface area (Å²) >= 11 is 1.06. The van der Waals surface area contributed by atoms with E-state index in [0.717, 1.165) is 16.4 Å². The minimum absolute atomic E-state index is 0.0897. The van der Waals surface area contributed by atoms with Crippen LogP contribution in [-0.2, 0) is 14.3 Å². The number of hydrogen-bond donors (Lipinski definition) is 1. The molecule has 1 aliphatic heterocycles. The molecule has 0 aliphatic carbocycles. The van der Waals surface area contributed by atoms with Crippen LogP contribution in [-0.4, -0.2) is 57.6 Å². The lowest BCUT2D eigenvalue weighted by Crippen LogP contribution is -2.41. The number of rotatable bonds is 4. The molecule has 9 nitrogen and oxygen atoms in total. The highest BCUT2D eigenvalue weighted by Gasteiger charge is 2.27. The van der Waals surface area contributed by atoms with Gasteiger partial charge in [0.15, 0.2) is 0 Å². The van der Waals surface area contributed by atoms with Gasteiger partial charge in [-0.2, -0.15) is 4.68 Å². The number of carbonyl (C=O) groups is 2. The zero-order valence-electron chi connectivity index (χ0n) is 13.0. The Bertz CT molecular complexity index is 654. The molecule has 1 aromatic rings. The van der Waals surface area contributed by atoms with Crippen molar-refractivity contribution < 1.29 is 14.3 Å². The maximum absolute atomic E-state index is 12.2. The standard InChI is InChI=1S/C13H19N5O4S/c1-8-11(20)18(14)13(16-15-8)23-7-10(19)17-5-3-9(4-6-17)12(21)22-2/h9H,3-7,14H2,1-2H3. The number of methoxy groups -OCH3 is 1. The number of nitrogens with zero attached hydrogens (tertiary/aromatic N) is 4. The molecule has 2 rings (SSSR count). The molecule has 2 N–H and O–H groups in total. The van der Waals surface area contributed by atoms with Crippen LogP contribution < -0.4 is 11.4 Å². The first-order valence-electron chi connectivity index (χ1n) is 7.13. The minimum atomic E-state index is -0.436. The van der Waals surface area contributed by atoms with Crippen LogP contribution in [0.2, 0.25) is 0 Å². The van der Waals surface area contributed by atoms with Gasteiger partial charge in [-0.15, -0.1) is 10.2 Å². The van der Waals surface area contributed by atoms with Crippen LogP contribution in [0.5, 0.6) is 0 Å². The molecule has 1 amide bonds. The second-order valence-electron chi connectivity index (χ2n) is 5.21. The minimum Gasteiger partial charge on any atom is -0.469 e. The molecule has 1 aliphatic rings. The van der Waals surface area contributed by atoms with Crippen molar-refractivity contribution in [1.82, 2.24) is 19.8 Å². The topological polar surface area (TPSA) is 120 Å². The molecular weight excluding hydrogens is 322 g/mol. The molecule has 0 bridgehead atoms. The van der Waals surface area contributed by atoms with Gasteiger partial charge in [0.05, 0.1) is 18.8 Å². The number of ether oxygens (including phenoxy) is 1. The quantitative estimate of drug-likeness (QED) is 0.428. The average Bonchev–Trinajstić information content (AvgIpc) is 2.58. The molecule has 0 aromatic carbocycles. The number of thioether (sulfide) groups is 1. The SMILES string of the molecule is COC(=O)C1CCN(C(=O)CSc2nnc(C)c(=O)n2N)CC1. The van der Waals surface area contributed by atoms with Crippen LogP contribution in [0.25, 0.3) is 0 Å². The zero-order chi connectivity index (χ0) is 17.0. The lowest BCUT2D eigenvalue weighted by molar-refractivity contribution is -0.148. The van der Waals surface area contributed by atoms with E-state index in [9.17, 15) is 14.4 Å². The van der Waals surface area contributed by atoms with Gasteiger partial charge in [0.2, 0.25) is 11.1 Å². The van der Waals surface area contributed by atoms with Crippen molar-refractivity contribution in [3.05, 3.63) is 16.0 Å². The largest absolute Gasteiger partial charge is 0.469 e. The third-order valence-electron chi connectivity index (χ3n) is 3.73. The van der Waals surface area contributed by atoms with Crippen LogP contribution in [0, 0.1) is 12.8 Å². The fraction of sp³-hybridized carbons (Fsp3) is 0.615. The van der Waals surface area contributed by atoms with Gasteiger partial charge in [0.1, 0.15) is 5.69 Å². The number of nitrogen functional groups attached to an aromatic ring is 1. The molecular formula is C13H19N5O4S. The number of aromatic nitrogens is 3.